The van der Waals surface area contributed by atoms with Crippen molar-refractivity contribution in [3.63, 3.8) is 0 Å². The summed E-state index contributed by atoms with van der Waals surface area (Å²) in [5.41, 5.74) is 0. The topological polar surface area (TPSA) is 248 Å². The lowest BCUT2D eigenvalue weighted by Crippen LogP contribution is -2.36. The van der Waals surface area contributed by atoms with E-state index in [0.717, 1.165) is 82.5 Å². The zero-order valence-electron chi connectivity index (χ0n) is 47.4. The van der Waals surface area contributed by atoms with Crippen LogP contribution < -0.4 is 0 Å². The van der Waals surface area contributed by atoms with Crippen molar-refractivity contribution in [2.24, 2.45) is 47.3 Å². The minimum Gasteiger partial charge on any atom is -0.466 e. The molecule has 14 atom stereocenters. The number of hydrogen-bond acceptors (Lipinski definition) is 19. The molecule has 0 aromatic heterocycles. The van der Waals surface area contributed by atoms with Gasteiger partial charge in [-0.3, -0.25) is 38.4 Å². The molecule has 5 aliphatic carbocycles. The van der Waals surface area contributed by atoms with Gasteiger partial charge in [0.05, 0.1) is 114 Å². The third kappa shape index (κ3) is 22.4. The molecular formula is C61H92O19. The Morgan fingerprint density at radius 2 is 0.625 bits per heavy atom. The van der Waals surface area contributed by atoms with E-state index in [9.17, 15) is 38.4 Å². The lowest BCUT2D eigenvalue weighted by Gasteiger charge is -2.23. The second-order valence-corrected chi connectivity index (χ2v) is 24.5. The van der Waals surface area contributed by atoms with Gasteiger partial charge in [0.15, 0.2) is 0 Å². The van der Waals surface area contributed by atoms with Gasteiger partial charge in [0.1, 0.15) is 0 Å². The summed E-state index contributed by atoms with van der Waals surface area (Å²) in [6, 6.07) is 0. The minimum atomic E-state index is -1.47. The van der Waals surface area contributed by atoms with Gasteiger partial charge in [-0.2, -0.15) is 0 Å². The van der Waals surface area contributed by atoms with Crippen LogP contribution in [0.1, 0.15) is 199 Å². The molecule has 3 saturated heterocycles. The van der Waals surface area contributed by atoms with E-state index in [1.807, 2.05) is 0 Å². The van der Waals surface area contributed by atoms with E-state index in [1.165, 1.54) is 12.8 Å². The van der Waals surface area contributed by atoms with Crippen molar-refractivity contribution in [3.05, 3.63) is 0 Å². The first kappa shape index (κ1) is 61.7. The minimum absolute atomic E-state index is 0.00106. The van der Waals surface area contributed by atoms with E-state index in [2.05, 4.69) is 0 Å². The Morgan fingerprint density at radius 1 is 0.300 bits per heavy atom. The summed E-state index contributed by atoms with van der Waals surface area (Å²) in [6.07, 6.45) is 21.3. The smallest absolute Gasteiger partial charge is 0.310 e. The lowest BCUT2D eigenvalue weighted by atomic mass is 9.86. The number of unbranched alkanes of at least 4 members (excludes halogenated alkanes) is 8. The first-order chi connectivity index (χ1) is 38.9. The third-order valence-corrected chi connectivity index (χ3v) is 17.9. The van der Waals surface area contributed by atoms with E-state index >= 15 is 0 Å². The third-order valence-electron chi connectivity index (χ3n) is 17.9. The molecule has 80 heavy (non-hydrogen) atoms. The molecule has 0 N–H and O–H groups in total. The Kier molecular flexibility index (Phi) is 25.0. The molecule has 19 heteroatoms. The van der Waals surface area contributed by atoms with Gasteiger partial charge in [0.2, 0.25) is 0 Å². The summed E-state index contributed by atoms with van der Waals surface area (Å²) >= 11 is 0. The lowest BCUT2D eigenvalue weighted by molar-refractivity contribution is -0.167. The average molecular weight is 1130 g/mol. The number of esters is 8. The number of fused-ring (bicyclic) bond motifs is 4. The van der Waals surface area contributed by atoms with Crippen LogP contribution in [0.5, 0.6) is 0 Å². The van der Waals surface area contributed by atoms with Gasteiger partial charge < -0.3 is 52.1 Å². The maximum Gasteiger partial charge on any atom is 0.310 e. The molecule has 8 aliphatic rings. The van der Waals surface area contributed by atoms with Gasteiger partial charge in [-0.25, -0.2) is 0 Å². The monoisotopic (exact) mass is 1130 g/mol. The zero-order valence-corrected chi connectivity index (χ0v) is 47.4. The molecule has 8 rings (SSSR count). The largest absolute Gasteiger partial charge is 0.466 e. The highest BCUT2D eigenvalue weighted by molar-refractivity contribution is 5.88. The molecular weight excluding hydrogens is 1040 g/mol. The van der Waals surface area contributed by atoms with Crippen molar-refractivity contribution in [1.29, 1.82) is 0 Å². The molecule has 8 fully saturated rings. The fourth-order valence-corrected chi connectivity index (χ4v) is 12.5. The SMILES string of the molecule is O=C(CCCCCOC(=O)CC(C(=O)OCCCCCC(=O)OCC1CCC2OC2C1)C(CC(=O)OCCCCCC(=O)OCC1CCC2OC2C1)C(=O)OCCCCCC(=O)OCC1CCC2OC2C1)OCC1CCC2CC2C1. The number of ether oxygens (including phenoxy) is 11. The summed E-state index contributed by atoms with van der Waals surface area (Å²) in [4.78, 5) is 105. The summed E-state index contributed by atoms with van der Waals surface area (Å²) in [7, 11) is 0. The predicted octanol–water partition coefficient (Wildman–Crippen LogP) is 8.72. The van der Waals surface area contributed by atoms with Crippen LogP contribution in [0.3, 0.4) is 0 Å². The molecule has 14 unspecified atom stereocenters. The summed E-state index contributed by atoms with van der Waals surface area (Å²) < 4.78 is 61.4. The first-order valence-electron chi connectivity index (χ1n) is 31.2. The van der Waals surface area contributed by atoms with Crippen LogP contribution in [-0.2, 0) is 90.5 Å². The molecule has 0 amide bonds. The Morgan fingerprint density at radius 3 is 0.963 bits per heavy atom. The highest BCUT2D eigenvalue weighted by Crippen LogP contribution is 2.51. The fraction of sp³-hybridized carbons (Fsp3) is 0.869. The van der Waals surface area contributed by atoms with Crippen molar-refractivity contribution in [3.8, 4) is 0 Å². The molecule has 5 saturated carbocycles. The van der Waals surface area contributed by atoms with Crippen molar-refractivity contribution < 1.29 is 90.5 Å². The van der Waals surface area contributed by atoms with Crippen LogP contribution in [0.15, 0.2) is 0 Å². The molecule has 3 aliphatic heterocycles. The van der Waals surface area contributed by atoms with Gasteiger partial charge in [-0.1, -0.05) is 0 Å². The van der Waals surface area contributed by atoms with Gasteiger partial charge in [-0.05, 0) is 196 Å². The Balaban J connectivity index is 0.782. The quantitative estimate of drug-likeness (QED) is 0.0241. The van der Waals surface area contributed by atoms with Gasteiger partial charge >= 0.3 is 47.8 Å². The molecule has 0 aromatic rings. The predicted molar refractivity (Wildman–Crippen MR) is 285 cm³/mol. The summed E-state index contributed by atoms with van der Waals surface area (Å²) in [6.45, 7) is 1.50. The molecule has 0 bridgehead atoms. The van der Waals surface area contributed by atoms with Crippen molar-refractivity contribution in [2.75, 3.05) is 52.9 Å². The van der Waals surface area contributed by atoms with E-state index in [0.29, 0.717) is 164 Å². The van der Waals surface area contributed by atoms with Crippen LogP contribution in [0.25, 0.3) is 0 Å². The van der Waals surface area contributed by atoms with Gasteiger partial charge in [0, 0.05) is 25.7 Å². The average Bonchev–Trinajstić information content (AvgIpc) is 4.32. The standard InChI is InChI=1S/C61H92O19/c62-54(74-36-40-17-21-44-33-45(44)29-40)13-5-1-9-25-70-58(66)34-46(60(68)72-27-11-3-7-15-56(64)76-38-42-19-23-49-52(31-42)79-49)47(61(69)73-28-12-4-8-16-57(65)77-39-43-20-24-50-53(32-43)80-50)35-59(67)71-26-10-2-6-14-55(63)75-37-41-18-22-48-51(30-41)78-48/h40-53H,1-39H2. The number of carbonyl (C=O) groups excluding carboxylic acids is 8. The Bertz CT molecular complexity index is 1890. The highest BCUT2D eigenvalue weighted by Gasteiger charge is 2.47. The summed E-state index contributed by atoms with van der Waals surface area (Å²) in [5.74, 6) is -4.25. The van der Waals surface area contributed by atoms with Crippen molar-refractivity contribution in [1.82, 2.24) is 0 Å². The molecule has 450 valence electrons. The van der Waals surface area contributed by atoms with Crippen molar-refractivity contribution in [2.45, 2.75) is 236 Å². The number of rotatable bonds is 39. The van der Waals surface area contributed by atoms with Crippen LogP contribution in [0, 0.1) is 47.3 Å². The number of carbonyl (C=O) groups is 8. The van der Waals surface area contributed by atoms with Crippen LogP contribution in [0.4, 0.5) is 0 Å². The highest BCUT2D eigenvalue weighted by atomic mass is 16.6. The molecule has 19 nitrogen and oxygen atoms in total. The van der Waals surface area contributed by atoms with Crippen molar-refractivity contribution >= 4 is 47.8 Å². The second-order valence-electron chi connectivity index (χ2n) is 24.5. The van der Waals surface area contributed by atoms with Crippen LogP contribution >= 0.6 is 0 Å². The molecule has 0 spiro atoms. The maximum atomic E-state index is 14.0. The Hall–Kier alpha value is -4.36. The normalized spacial score (nSPS) is 29.1. The number of epoxide rings is 3. The molecule has 3 heterocycles. The Labute approximate surface area is 472 Å². The first-order valence-corrected chi connectivity index (χ1v) is 31.2. The zero-order chi connectivity index (χ0) is 56.1. The van der Waals surface area contributed by atoms with E-state index in [1.54, 1.807) is 0 Å². The fourth-order valence-electron chi connectivity index (χ4n) is 12.5. The molecule has 0 radical (unpaired) electrons. The van der Waals surface area contributed by atoms with Crippen LogP contribution in [-0.4, -0.2) is 137 Å². The number of hydrogen-bond donors (Lipinski definition) is 0. The molecule has 0 aromatic carbocycles. The van der Waals surface area contributed by atoms with E-state index < -0.39 is 48.6 Å². The second kappa shape index (κ2) is 32.5. The van der Waals surface area contributed by atoms with E-state index in [4.69, 9.17) is 52.1 Å². The maximum absolute atomic E-state index is 14.0. The van der Waals surface area contributed by atoms with Gasteiger partial charge in [0.25, 0.3) is 0 Å². The van der Waals surface area contributed by atoms with E-state index in [-0.39, 0.29) is 76.0 Å². The summed E-state index contributed by atoms with van der Waals surface area (Å²) in [5, 5.41) is 0. The van der Waals surface area contributed by atoms with Gasteiger partial charge in [-0.15, -0.1) is 0 Å². The van der Waals surface area contributed by atoms with Crippen LogP contribution in [0.2, 0.25) is 0 Å².